The molecule has 2 heteroatoms. The molecule has 0 saturated carbocycles. The molecule has 1 heterocycles. The summed E-state index contributed by atoms with van der Waals surface area (Å²) >= 11 is 0. The molecule has 2 rings (SSSR count). The van der Waals surface area contributed by atoms with Gasteiger partial charge in [0.25, 0.3) is 0 Å². The van der Waals surface area contributed by atoms with Gasteiger partial charge in [-0.05, 0) is 17.5 Å². The monoisotopic (exact) mass is 229 g/mol. The highest BCUT2D eigenvalue weighted by molar-refractivity contribution is 5.96. The second kappa shape index (κ2) is 4.36. The molecule has 0 bridgehead atoms. The van der Waals surface area contributed by atoms with Crippen LogP contribution in [-0.2, 0) is 4.79 Å². The summed E-state index contributed by atoms with van der Waals surface area (Å²) in [7, 11) is 0. The molecule has 0 aromatic heterocycles. The van der Waals surface area contributed by atoms with Crippen molar-refractivity contribution in [3.8, 4) is 0 Å². The Kier molecular flexibility index (Phi) is 3.05. The highest BCUT2D eigenvalue weighted by Gasteiger charge is 2.34. The number of benzene rings is 1. The van der Waals surface area contributed by atoms with Crippen molar-refractivity contribution in [2.24, 2.45) is 11.3 Å². The van der Waals surface area contributed by atoms with Crippen LogP contribution < -0.4 is 4.90 Å². The molecule has 17 heavy (non-hydrogen) atoms. The van der Waals surface area contributed by atoms with E-state index in [0.29, 0.717) is 6.54 Å². The number of carbonyl (C=O) groups excluding carboxylic acids is 1. The van der Waals surface area contributed by atoms with E-state index >= 15 is 0 Å². The third-order valence-corrected chi connectivity index (χ3v) is 3.66. The number of anilines is 1. The summed E-state index contributed by atoms with van der Waals surface area (Å²) in [6, 6.07) is 9.86. The maximum Gasteiger partial charge on any atom is 0.230 e. The molecular formula is C15H19NO. The molecule has 1 aliphatic heterocycles. The lowest BCUT2D eigenvalue weighted by atomic mass is 9.79. The Bertz CT molecular complexity index is 433. The number of hydrogen-bond acceptors (Lipinski definition) is 1. The average molecular weight is 229 g/mol. The Hall–Kier alpha value is -1.57. The summed E-state index contributed by atoms with van der Waals surface area (Å²) in [5.74, 6) is 0.202. The van der Waals surface area contributed by atoms with Crippen LogP contribution in [0.4, 0.5) is 5.69 Å². The van der Waals surface area contributed by atoms with Gasteiger partial charge in [-0.15, -0.1) is 0 Å². The number of rotatable bonds is 1. The minimum atomic E-state index is -0.0688. The van der Waals surface area contributed by atoms with Gasteiger partial charge in [-0.25, -0.2) is 0 Å². The van der Waals surface area contributed by atoms with Crippen molar-refractivity contribution in [2.45, 2.75) is 20.8 Å². The maximum absolute atomic E-state index is 12.4. The van der Waals surface area contributed by atoms with E-state index in [2.05, 4.69) is 26.0 Å². The van der Waals surface area contributed by atoms with Crippen LogP contribution in [0.25, 0.3) is 0 Å². The van der Waals surface area contributed by atoms with Gasteiger partial charge in [-0.3, -0.25) is 4.79 Å². The van der Waals surface area contributed by atoms with E-state index in [9.17, 15) is 4.79 Å². The molecule has 1 atom stereocenters. The quantitative estimate of drug-likeness (QED) is 0.677. The highest BCUT2D eigenvalue weighted by atomic mass is 16.2. The van der Waals surface area contributed by atoms with Gasteiger partial charge in [0.15, 0.2) is 0 Å². The molecule has 1 amide bonds. The zero-order valence-electron chi connectivity index (χ0n) is 10.7. The minimum absolute atomic E-state index is 0.00135. The van der Waals surface area contributed by atoms with Gasteiger partial charge in [0, 0.05) is 18.2 Å². The molecule has 1 unspecified atom stereocenters. The molecule has 0 aliphatic carbocycles. The van der Waals surface area contributed by atoms with Crippen molar-refractivity contribution >= 4 is 11.6 Å². The highest BCUT2D eigenvalue weighted by Crippen LogP contribution is 2.33. The second-order valence-corrected chi connectivity index (χ2v) is 5.23. The van der Waals surface area contributed by atoms with E-state index < -0.39 is 0 Å². The van der Waals surface area contributed by atoms with E-state index in [0.717, 1.165) is 5.69 Å². The van der Waals surface area contributed by atoms with Crippen LogP contribution in [0.3, 0.4) is 0 Å². The average Bonchev–Trinajstić information content (AvgIpc) is 2.42. The largest absolute Gasteiger partial charge is 0.308 e. The summed E-state index contributed by atoms with van der Waals surface area (Å²) in [6.07, 6.45) is 4.24. The van der Waals surface area contributed by atoms with Crippen LogP contribution in [0.15, 0.2) is 42.5 Å². The van der Waals surface area contributed by atoms with Crippen LogP contribution in [0.1, 0.15) is 20.8 Å². The summed E-state index contributed by atoms with van der Waals surface area (Å²) in [5, 5.41) is 0. The first kappa shape index (κ1) is 11.9. The predicted molar refractivity (Wildman–Crippen MR) is 70.9 cm³/mol. The third-order valence-electron chi connectivity index (χ3n) is 3.66. The first-order valence-corrected chi connectivity index (χ1v) is 6.06. The Balaban J connectivity index is 2.33. The van der Waals surface area contributed by atoms with E-state index in [1.54, 1.807) is 0 Å². The smallest absolute Gasteiger partial charge is 0.230 e. The SMILES string of the molecule is CC1C(=O)N(c2ccccc2)CC=CC1(C)C. The predicted octanol–water partition coefficient (Wildman–Crippen LogP) is 3.25. The zero-order valence-corrected chi connectivity index (χ0v) is 10.7. The zero-order chi connectivity index (χ0) is 12.5. The molecule has 2 nitrogen and oxygen atoms in total. The van der Waals surface area contributed by atoms with Gasteiger partial charge in [0.05, 0.1) is 0 Å². The Morgan fingerprint density at radius 1 is 1.24 bits per heavy atom. The molecule has 1 aromatic rings. The molecule has 0 radical (unpaired) electrons. The van der Waals surface area contributed by atoms with Gasteiger partial charge in [0.1, 0.15) is 0 Å². The molecule has 1 aromatic carbocycles. The lowest BCUT2D eigenvalue weighted by molar-refractivity contribution is -0.123. The molecule has 0 N–H and O–H groups in total. The van der Waals surface area contributed by atoms with Crippen molar-refractivity contribution in [1.29, 1.82) is 0 Å². The number of amides is 1. The lowest BCUT2D eigenvalue weighted by Crippen LogP contribution is -2.38. The number of carbonyl (C=O) groups is 1. The Labute approximate surface area is 103 Å². The molecule has 90 valence electrons. The normalized spacial score (nSPS) is 23.6. The fourth-order valence-corrected chi connectivity index (χ4v) is 2.09. The van der Waals surface area contributed by atoms with Gasteiger partial charge >= 0.3 is 0 Å². The van der Waals surface area contributed by atoms with Crippen LogP contribution in [0.2, 0.25) is 0 Å². The summed E-state index contributed by atoms with van der Waals surface area (Å²) < 4.78 is 0. The fourth-order valence-electron chi connectivity index (χ4n) is 2.09. The summed E-state index contributed by atoms with van der Waals surface area (Å²) in [6.45, 7) is 6.89. The molecular weight excluding hydrogens is 210 g/mol. The standard InChI is InChI=1S/C15H19NO/c1-12-14(17)16(11-7-10-15(12,2)3)13-8-5-4-6-9-13/h4-10,12H,11H2,1-3H3. The fraction of sp³-hybridized carbons (Fsp3) is 0.400. The number of nitrogens with zero attached hydrogens (tertiary/aromatic N) is 1. The minimum Gasteiger partial charge on any atom is -0.308 e. The molecule has 0 saturated heterocycles. The second-order valence-electron chi connectivity index (χ2n) is 5.23. The van der Waals surface area contributed by atoms with Crippen molar-refractivity contribution in [3.05, 3.63) is 42.5 Å². The van der Waals surface area contributed by atoms with Gasteiger partial charge in [-0.2, -0.15) is 0 Å². The maximum atomic E-state index is 12.4. The van der Waals surface area contributed by atoms with Crippen LogP contribution in [-0.4, -0.2) is 12.5 Å². The van der Waals surface area contributed by atoms with E-state index in [-0.39, 0.29) is 17.2 Å². The van der Waals surface area contributed by atoms with Crippen LogP contribution in [0.5, 0.6) is 0 Å². The first-order valence-electron chi connectivity index (χ1n) is 6.06. The van der Waals surface area contributed by atoms with E-state index in [4.69, 9.17) is 0 Å². The van der Waals surface area contributed by atoms with Gasteiger partial charge in [-0.1, -0.05) is 51.1 Å². The van der Waals surface area contributed by atoms with Crippen molar-refractivity contribution in [2.75, 3.05) is 11.4 Å². The van der Waals surface area contributed by atoms with E-state index in [1.807, 2.05) is 42.2 Å². The van der Waals surface area contributed by atoms with Crippen molar-refractivity contribution in [3.63, 3.8) is 0 Å². The lowest BCUT2D eigenvalue weighted by Gasteiger charge is -2.29. The van der Waals surface area contributed by atoms with Gasteiger partial charge in [0.2, 0.25) is 5.91 Å². The molecule has 1 aliphatic rings. The van der Waals surface area contributed by atoms with E-state index in [1.165, 1.54) is 0 Å². The first-order chi connectivity index (χ1) is 8.02. The van der Waals surface area contributed by atoms with Crippen molar-refractivity contribution in [1.82, 2.24) is 0 Å². The van der Waals surface area contributed by atoms with Crippen LogP contribution >= 0.6 is 0 Å². The molecule has 0 fully saturated rings. The number of allylic oxidation sites excluding steroid dienone is 1. The van der Waals surface area contributed by atoms with Crippen molar-refractivity contribution < 1.29 is 4.79 Å². The Morgan fingerprint density at radius 3 is 2.53 bits per heavy atom. The van der Waals surface area contributed by atoms with Gasteiger partial charge < -0.3 is 4.90 Å². The summed E-state index contributed by atoms with van der Waals surface area (Å²) in [5.41, 5.74) is 0.910. The summed E-state index contributed by atoms with van der Waals surface area (Å²) in [4.78, 5) is 14.3. The number of para-hydroxylation sites is 1. The topological polar surface area (TPSA) is 20.3 Å². The third kappa shape index (κ3) is 2.26. The Morgan fingerprint density at radius 2 is 1.88 bits per heavy atom. The van der Waals surface area contributed by atoms with Crippen LogP contribution in [0, 0.1) is 11.3 Å². The molecule has 0 spiro atoms. The number of hydrogen-bond donors (Lipinski definition) is 0.